The Kier molecular flexibility index (Phi) is 5.96. The number of hydrogen-bond donors (Lipinski definition) is 4. The number of nitrogens with zero attached hydrogens (tertiary/aromatic N) is 2. The lowest BCUT2D eigenvalue weighted by atomic mass is 10.1. The number of rotatable bonds is 6. The van der Waals surface area contributed by atoms with Gasteiger partial charge in [-0.15, -0.1) is 5.01 Å². The minimum atomic E-state index is -0.195. The molecule has 0 spiro atoms. The molecule has 7 heteroatoms. The van der Waals surface area contributed by atoms with Crippen molar-refractivity contribution in [2.24, 2.45) is 0 Å². The van der Waals surface area contributed by atoms with Gasteiger partial charge in [0.15, 0.2) is 12.1 Å². The van der Waals surface area contributed by atoms with Crippen molar-refractivity contribution in [2.45, 2.75) is 6.29 Å². The third kappa shape index (κ3) is 4.26. The van der Waals surface area contributed by atoms with Gasteiger partial charge in [-0.05, 0) is 24.3 Å². The Bertz CT molecular complexity index is 777. The summed E-state index contributed by atoms with van der Waals surface area (Å²) >= 11 is 0. The fraction of sp³-hybridized carbons (Fsp3) is 0.263. The van der Waals surface area contributed by atoms with Crippen molar-refractivity contribution in [3.05, 3.63) is 65.9 Å². The third-order valence-corrected chi connectivity index (χ3v) is 4.12. The minimum Gasteiger partial charge on any atom is -0.507 e. The van der Waals surface area contributed by atoms with Crippen LogP contribution in [-0.4, -0.2) is 64.4 Å². The average Bonchev–Trinajstić information content (AvgIpc) is 3.17. The predicted octanol–water partition coefficient (Wildman–Crippen LogP) is 0.0883. The second-order valence-corrected chi connectivity index (χ2v) is 5.93. The molecule has 26 heavy (non-hydrogen) atoms. The van der Waals surface area contributed by atoms with E-state index in [9.17, 15) is 15.0 Å². The highest BCUT2D eigenvalue weighted by atomic mass is 16.3. The van der Waals surface area contributed by atoms with Gasteiger partial charge < -0.3 is 10.2 Å². The molecule has 0 bridgehead atoms. The van der Waals surface area contributed by atoms with Crippen LogP contribution in [0.15, 0.2) is 60.3 Å². The minimum absolute atomic E-state index is 0.0577. The Labute approximate surface area is 152 Å². The van der Waals surface area contributed by atoms with E-state index in [4.69, 9.17) is 0 Å². The van der Waals surface area contributed by atoms with Crippen LogP contribution in [0.3, 0.4) is 0 Å². The van der Waals surface area contributed by atoms with Crippen LogP contribution >= 0.6 is 0 Å². The Hall–Kier alpha value is -2.74. The molecule has 3 rings (SSSR count). The first-order valence-electron chi connectivity index (χ1n) is 8.55. The summed E-state index contributed by atoms with van der Waals surface area (Å²) in [6, 6.07) is 6.97. The maximum absolute atomic E-state index is 12.2. The highest BCUT2D eigenvalue weighted by Gasteiger charge is 2.29. The highest BCUT2D eigenvalue weighted by molar-refractivity contribution is 6.07. The van der Waals surface area contributed by atoms with Crippen LogP contribution in [-0.2, 0) is 4.79 Å². The van der Waals surface area contributed by atoms with Crippen molar-refractivity contribution in [1.82, 2.24) is 15.6 Å². The fourth-order valence-corrected chi connectivity index (χ4v) is 2.84. The second kappa shape index (κ2) is 8.57. The molecular weight excluding hydrogens is 332 g/mol. The Morgan fingerprint density at radius 2 is 1.92 bits per heavy atom. The van der Waals surface area contributed by atoms with E-state index in [1.54, 1.807) is 53.5 Å². The standard InChI is InChI=1S/C19H22N4O3/c24-12-11-23(19-20-9-10-21-19)22(13-15-5-1-3-7-17(15)25)14-16-6-2-4-8-18(16)26/h1-8,13-14,19-21,24H,9-12H2/p+1. The molecule has 136 valence electrons. The van der Waals surface area contributed by atoms with Crippen LogP contribution in [0, 0.1) is 0 Å². The van der Waals surface area contributed by atoms with Crippen molar-refractivity contribution in [3.63, 3.8) is 0 Å². The summed E-state index contributed by atoms with van der Waals surface area (Å²) in [5, 5.41) is 28.1. The summed E-state index contributed by atoms with van der Waals surface area (Å²) in [6.45, 7) is 1.88. The topological polar surface area (TPSA) is 87.8 Å². The molecule has 0 saturated carbocycles. The van der Waals surface area contributed by atoms with Gasteiger partial charge in [0.1, 0.15) is 5.75 Å². The molecule has 0 amide bonds. The van der Waals surface area contributed by atoms with Crippen LogP contribution in [0.5, 0.6) is 5.75 Å². The number of hydrazone groups is 1. The first kappa shape index (κ1) is 18.1. The van der Waals surface area contributed by atoms with E-state index in [1.807, 2.05) is 11.1 Å². The second-order valence-electron chi connectivity index (χ2n) is 5.93. The van der Waals surface area contributed by atoms with E-state index < -0.39 is 0 Å². The van der Waals surface area contributed by atoms with Gasteiger partial charge in [0, 0.05) is 13.1 Å². The van der Waals surface area contributed by atoms with Crippen LogP contribution < -0.4 is 10.6 Å². The number of allylic oxidation sites excluding steroid dienone is 5. The zero-order valence-corrected chi connectivity index (χ0v) is 14.4. The van der Waals surface area contributed by atoms with Gasteiger partial charge in [-0.2, -0.15) is 0 Å². The Morgan fingerprint density at radius 3 is 2.62 bits per heavy atom. The van der Waals surface area contributed by atoms with Crippen LogP contribution in [0.2, 0.25) is 0 Å². The number of aliphatic hydroxyl groups is 1. The van der Waals surface area contributed by atoms with Gasteiger partial charge >= 0.3 is 0 Å². The SMILES string of the molecule is O=C1C=CC=CC1=C[N+](=Cc1ccccc1O)N(CCO)C1NCCN1. The van der Waals surface area contributed by atoms with Crippen molar-refractivity contribution < 1.29 is 19.7 Å². The van der Waals surface area contributed by atoms with Crippen molar-refractivity contribution in [3.8, 4) is 5.75 Å². The molecule has 7 nitrogen and oxygen atoms in total. The number of nitrogens with one attached hydrogen (secondary N) is 2. The molecule has 2 aliphatic rings. The molecule has 1 aromatic rings. The molecule has 4 N–H and O–H groups in total. The lowest BCUT2D eigenvalue weighted by molar-refractivity contribution is -0.645. The number of aliphatic hydroxyl groups excluding tert-OH is 1. The summed E-state index contributed by atoms with van der Waals surface area (Å²) in [7, 11) is 0. The number of carbonyl (C=O) groups is 1. The molecule has 1 saturated heterocycles. The number of carbonyl (C=O) groups excluding carboxylic acids is 1. The van der Waals surface area contributed by atoms with E-state index >= 15 is 0 Å². The number of hydrazine groups is 1. The molecule has 1 fully saturated rings. The molecular formula is C19H23N4O3+. The van der Waals surface area contributed by atoms with Gasteiger partial charge in [0.25, 0.3) is 0 Å². The van der Waals surface area contributed by atoms with Gasteiger partial charge in [-0.1, -0.05) is 29.0 Å². The third-order valence-electron chi connectivity index (χ3n) is 4.12. The van der Waals surface area contributed by atoms with E-state index in [2.05, 4.69) is 10.6 Å². The first-order valence-corrected chi connectivity index (χ1v) is 8.55. The fourth-order valence-electron chi connectivity index (χ4n) is 2.84. The normalized spacial score (nSPS) is 19.5. The van der Waals surface area contributed by atoms with Crippen LogP contribution in [0.4, 0.5) is 0 Å². The molecule has 1 aliphatic carbocycles. The zero-order valence-electron chi connectivity index (χ0n) is 14.4. The number of benzene rings is 1. The zero-order chi connectivity index (χ0) is 18.4. The summed E-state index contributed by atoms with van der Waals surface area (Å²) in [4.78, 5) is 12.2. The number of para-hydroxylation sites is 1. The molecule has 1 aromatic carbocycles. The number of phenolic OH excluding ortho intramolecular Hbond substituents is 1. The Morgan fingerprint density at radius 1 is 1.19 bits per heavy atom. The van der Waals surface area contributed by atoms with Crippen molar-refractivity contribution >= 4 is 12.0 Å². The van der Waals surface area contributed by atoms with Gasteiger partial charge in [0.2, 0.25) is 12.4 Å². The molecule has 0 unspecified atom stereocenters. The quantitative estimate of drug-likeness (QED) is 0.250. The number of phenols is 1. The number of ketones is 1. The summed E-state index contributed by atoms with van der Waals surface area (Å²) in [5.74, 6) is 0.0390. The molecule has 0 aromatic heterocycles. The number of aromatic hydroxyl groups is 1. The molecule has 1 aliphatic heterocycles. The smallest absolute Gasteiger partial charge is 0.210 e. The summed E-state index contributed by atoms with van der Waals surface area (Å²) < 4.78 is 1.73. The molecule has 0 radical (unpaired) electrons. The lowest BCUT2D eigenvalue weighted by Crippen LogP contribution is -2.53. The average molecular weight is 355 g/mol. The number of hydrogen-bond acceptors (Lipinski definition) is 6. The summed E-state index contributed by atoms with van der Waals surface area (Å²) in [6.07, 6.45) is 9.98. The summed E-state index contributed by atoms with van der Waals surface area (Å²) in [5.41, 5.74) is 1.12. The van der Waals surface area contributed by atoms with E-state index in [-0.39, 0.29) is 24.4 Å². The van der Waals surface area contributed by atoms with Gasteiger partial charge in [0.05, 0.1) is 24.3 Å². The monoisotopic (exact) mass is 355 g/mol. The lowest BCUT2D eigenvalue weighted by Gasteiger charge is -2.24. The van der Waals surface area contributed by atoms with E-state index in [1.165, 1.54) is 6.08 Å². The van der Waals surface area contributed by atoms with E-state index in [0.717, 1.165) is 13.1 Å². The van der Waals surface area contributed by atoms with E-state index in [0.29, 0.717) is 17.7 Å². The largest absolute Gasteiger partial charge is 0.507 e. The first-order chi connectivity index (χ1) is 12.7. The highest BCUT2D eigenvalue weighted by Crippen LogP contribution is 2.15. The maximum atomic E-state index is 12.2. The maximum Gasteiger partial charge on any atom is 0.210 e. The molecule has 1 heterocycles. The van der Waals surface area contributed by atoms with Gasteiger partial charge in [-0.25, -0.2) is 0 Å². The van der Waals surface area contributed by atoms with Crippen LogP contribution in [0.1, 0.15) is 5.56 Å². The van der Waals surface area contributed by atoms with Crippen LogP contribution in [0.25, 0.3) is 0 Å². The van der Waals surface area contributed by atoms with Crippen molar-refractivity contribution in [2.75, 3.05) is 26.2 Å². The predicted molar refractivity (Wildman–Crippen MR) is 98.5 cm³/mol. The van der Waals surface area contributed by atoms with Crippen molar-refractivity contribution in [1.29, 1.82) is 0 Å². The van der Waals surface area contributed by atoms with Gasteiger partial charge in [-0.3, -0.25) is 15.4 Å². The Balaban J connectivity index is 2.04. The molecule has 0 atom stereocenters.